The van der Waals surface area contributed by atoms with E-state index < -0.39 is 0 Å². The summed E-state index contributed by atoms with van der Waals surface area (Å²) in [6.07, 6.45) is 9.22. The predicted octanol–water partition coefficient (Wildman–Crippen LogP) is 5.03. The number of thiophene rings is 1. The Morgan fingerprint density at radius 3 is 2.87 bits per heavy atom. The van der Waals surface area contributed by atoms with Crippen LogP contribution in [-0.4, -0.2) is 26.2 Å². The van der Waals surface area contributed by atoms with E-state index in [4.69, 9.17) is 9.53 Å². The van der Waals surface area contributed by atoms with Crippen LogP contribution in [0.3, 0.4) is 0 Å². The summed E-state index contributed by atoms with van der Waals surface area (Å²) in [6, 6.07) is 2.11. The van der Waals surface area contributed by atoms with Crippen molar-refractivity contribution in [2.24, 2.45) is 4.99 Å². The zero-order valence-corrected chi connectivity index (χ0v) is 15.4. The molecule has 23 heavy (non-hydrogen) atoms. The normalized spacial score (nSPS) is 17.0. The molecule has 1 aromatic rings. The van der Waals surface area contributed by atoms with Crippen LogP contribution in [0.4, 0.5) is 5.00 Å². The van der Waals surface area contributed by atoms with Gasteiger partial charge >= 0.3 is 0 Å². The van der Waals surface area contributed by atoms with Gasteiger partial charge in [-0.25, -0.2) is 0 Å². The van der Waals surface area contributed by atoms with E-state index in [-0.39, 0.29) is 0 Å². The molecule has 1 aliphatic heterocycles. The number of rotatable bonds is 6. The molecule has 128 valence electrons. The molecule has 2 rings (SSSR count). The third-order valence-electron chi connectivity index (χ3n) is 3.53. The Labute approximate surface area is 143 Å². The van der Waals surface area contributed by atoms with Gasteiger partial charge in [0.1, 0.15) is 12.0 Å². The number of hydrogen-bond donors (Lipinski definition) is 1. The molecule has 1 aromatic heterocycles. The second kappa shape index (κ2) is 11.0. The molecule has 0 bridgehead atoms. The number of unbranched alkanes of at least 4 members (excludes halogenated alkanes) is 1. The number of aldehydes is 1. The van der Waals surface area contributed by atoms with E-state index in [0.717, 1.165) is 44.3 Å². The van der Waals surface area contributed by atoms with E-state index in [1.807, 2.05) is 24.6 Å². The second-order valence-electron chi connectivity index (χ2n) is 5.24. The van der Waals surface area contributed by atoms with Crippen molar-refractivity contribution in [3.05, 3.63) is 22.7 Å². The van der Waals surface area contributed by atoms with Crippen LogP contribution in [0.15, 0.2) is 22.8 Å². The van der Waals surface area contributed by atoms with Crippen molar-refractivity contribution in [1.82, 2.24) is 0 Å². The van der Waals surface area contributed by atoms with Crippen molar-refractivity contribution in [2.45, 2.75) is 52.4 Å². The van der Waals surface area contributed by atoms with E-state index in [1.54, 1.807) is 0 Å². The van der Waals surface area contributed by atoms with Gasteiger partial charge in [0.25, 0.3) is 0 Å². The summed E-state index contributed by atoms with van der Waals surface area (Å²) in [4.78, 5) is 14.8. The van der Waals surface area contributed by atoms with Gasteiger partial charge in [0.05, 0.1) is 16.5 Å². The second-order valence-corrected chi connectivity index (χ2v) is 6.33. The van der Waals surface area contributed by atoms with Crippen LogP contribution in [0.1, 0.15) is 57.2 Å². The zero-order chi connectivity index (χ0) is 17.1. The fraction of sp³-hybridized carbons (Fsp3) is 0.556. The Morgan fingerprint density at radius 2 is 2.26 bits per heavy atom. The van der Waals surface area contributed by atoms with Crippen LogP contribution in [0.2, 0.25) is 0 Å². The molecule has 1 aliphatic rings. The summed E-state index contributed by atoms with van der Waals surface area (Å²) in [6.45, 7) is 6.51. The van der Waals surface area contributed by atoms with Crippen molar-refractivity contribution < 1.29 is 9.53 Å². The Hall–Kier alpha value is -1.62. The lowest BCUT2D eigenvalue weighted by Gasteiger charge is -2.22. The number of nitrogens with zero attached hydrogens (tertiary/aromatic N) is 1. The van der Waals surface area contributed by atoms with Gasteiger partial charge < -0.3 is 14.8 Å². The Kier molecular flexibility index (Phi) is 9.29. The van der Waals surface area contributed by atoms with Gasteiger partial charge in [0.15, 0.2) is 0 Å². The maximum atomic E-state index is 8.81. The van der Waals surface area contributed by atoms with Crippen LogP contribution >= 0.6 is 11.3 Å². The summed E-state index contributed by atoms with van der Waals surface area (Å²) < 4.78 is 5.76. The molecule has 0 radical (unpaired) electrons. The number of aliphatic imine (C=N–C) groups is 1. The minimum atomic E-state index is 0.538. The first-order valence-corrected chi connectivity index (χ1v) is 9.03. The van der Waals surface area contributed by atoms with Gasteiger partial charge in [-0.2, -0.15) is 0 Å². The topological polar surface area (TPSA) is 50.7 Å². The van der Waals surface area contributed by atoms with Crippen molar-refractivity contribution >= 4 is 28.8 Å². The highest BCUT2D eigenvalue weighted by molar-refractivity contribution is 7.16. The first-order valence-electron chi connectivity index (χ1n) is 8.21. The lowest BCUT2D eigenvalue weighted by Crippen LogP contribution is -2.12. The summed E-state index contributed by atoms with van der Waals surface area (Å²) in [5.41, 5.74) is 1.19. The summed E-state index contributed by atoms with van der Waals surface area (Å²) >= 11 is 1.81. The van der Waals surface area contributed by atoms with Crippen molar-refractivity contribution in [3.8, 4) is 5.75 Å². The number of carbonyl (C=O) groups is 1. The van der Waals surface area contributed by atoms with Gasteiger partial charge in [-0.05, 0) is 33.1 Å². The summed E-state index contributed by atoms with van der Waals surface area (Å²) in [5, 5.41) is 4.39. The number of allylic oxidation sites excluding steroid dienone is 2. The molecule has 0 aliphatic carbocycles. The highest BCUT2D eigenvalue weighted by atomic mass is 32.1. The van der Waals surface area contributed by atoms with Crippen molar-refractivity contribution in [1.29, 1.82) is 0 Å². The fourth-order valence-corrected chi connectivity index (χ4v) is 3.45. The fourth-order valence-electron chi connectivity index (χ4n) is 2.35. The van der Waals surface area contributed by atoms with Crippen molar-refractivity contribution in [3.63, 3.8) is 0 Å². The lowest BCUT2D eigenvalue weighted by atomic mass is 9.96. The molecule has 0 aromatic carbocycles. The average Bonchev–Trinajstić information content (AvgIpc) is 2.99. The summed E-state index contributed by atoms with van der Waals surface area (Å²) in [7, 11) is 1.96. The predicted molar refractivity (Wildman–Crippen MR) is 100 cm³/mol. The van der Waals surface area contributed by atoms with Crippen LogP contribution in [0.5, 0.6) is 5.75 Å². The average molecular weight is 337 g/mol. The molecule has 1 atom stereocenters. The molecule has 0 amide bonds. The monoisotopic (exact) mass is 336 g/mol. The van der Waals surface area contributed by atoms with E-state index in [1.165, 1.54) is 22.5 Å². The molecule has 0 fully saturated rings. The van der Waals surface area contributed by atoms with Gasteiger partial charge in [-0.3, -0.25) is 4.99 Å². The maximum absolute atomic E-state index is 8.81. The molecule has 1 unspecified atom stereocenters. The van der Waals surface area contributed by atoms with E-state index >= 15 is 0 Å². The molecule has 1 N–H and O–H groups in total. The molecule has 4 nitrogen and oxygen atoms in total. The highest BCUT2D eigenvalue weighted by Gasteiger charge is 2.25. The minimum Gasteiger partial charge on any atom is -0.492 e. The van der Waals surface area contributed by atoms with Crippen LogP contribution < -0.4 is 10.1 Å². The van der Waals surface area contributed by atoms with Gasteiger partial charge in [-0.1, -0.05) is 19.4 Å². The van der Waals surface area contributed by atoms with Gasteiger partial charge in [0.2, 0.25) is 0 Å². The summed E-state index contributed by atoms with van der Waals surface area (Å²) in [5.74, 6) is 1.60. The largest absolute Gasteiger partial charge is 0.492 e. The Morgan fingerprint density at radius 1 is 1.52 bits per heavy atom. The SMILES string of the molecule is C/C=C(/CC1CCOc2cc(NC)sc21)N=CCCC.CC=O. The highest BCUT2D eigenvalue weighted by Crippen LogP contribution is 2.45. The number of ether oxygens (including phenoxy) is 1. The number of anilines is 1. The standard InChI is InChI=1S/C16H24N2OS.C2H4O/c1-4-6-8-18-13(5-2)10-12-7-9-19-14-11-15(17-3)20-16(12)14;1-2-3/h5,8,11-12,17H,4,6-7,9-10H2,1-3H3;2H,1H3/b13-5-,18-8?;. The number of hydrogen-bond acceptors (Lipinski definition) is 5. The Balaban J connectivity index is 0.000000816. The molecular weight excluding hydrogens is 308 g/mol. The number of nitrogens with one attached hydrogen (secondary N) is 1. The van der Waals surface area contributed by atoms with Crippen molar-refractivity contribution in [2.75, 3.05) is 19.0 Å². The van der Waals surface area contributed by atoms with Gasteiger partial charge in [0, 0.05) is 30.9 Å². The van der Waals surface area contributed by atoms with Crippen LogP contribution in [0.25, 0.3) is 0 Å². The van der Waals surface area contributed by atoms with E-state index in [9.17, 15) is 0 Å². The molecule has 0 saturated carbocycles. The lowest BCUT2D eigenvalue weighted by molar-refractivity contribution is -0.106. The Bertz CT molecular complexity index is 535. The first kappa shape index (κ1) is 19.4. The number of fused-ring (bicyclic) bond motifs is 1. The molecule has 0 spiro atoms. The number of carbonyl (C=O) groups excluding carboxylic acids is 1. The zero-order valence-electron chi connectivity index (χ0n) is 14.6. The van der Waals surface area contributed by atoms with Gasteiger partial charge in [-0.15, -0.1) is 11.3 Å². The van der Waals surface area contributed by atoms with E-state index in [0.29, 0.717) is 5.92 Å². The first-order chi connectivity index (χ1) is 11.2. The molecule has 0 saturated heterocycles. The van der Waals surface area contributed by atoms with Crippen LogP contribution in [0, 0.1) is 0 Å². The van der Waals surface area contributed by atoms with Crippen LogP contribution in [-0.2, 0) is 4.79 Å². The smallest absolute Gasteiger partial charge is 0.135 e. The molecular formula is C18H28N2O2S. The molecule has 5 heteroatoms. The van der Waals surface area contributed by atoms with E-state index in [2.05, 4.69) is 36.3 Å². The molecule has 2 heterocycles. The maximum Gasteiger partial charge on any atom is 0.135 e. The quantitative estimate of drug-likeness (QED) is 0.586. The third kappa shape index (κ3) is 6.18. The minimum absolute atomic E-state index is 0.538. The third-order valence-corrected chi connectivity index (χ3v) is 4.83.